The summed E-state index contributed by atoms with van der Waals surface area (Å²) in [7, 11) is 2.04. The van der Waals surface area contributed by atoms with Crippen molar-refractivity contribution in [3.63, 3.8) is 0 Å². The van der Waals surface area contributed by atoms with Crippen LogP contribution < -0.4 is 0 Å². The molecule has 2 aliphatic rings. The highest BCUT2D eigenvalue weighted by Gasteiger charge is 2.44. The van der Waals surface area contributed by atoms with Gasteiger partial charge in [-0.3, -0.25) is 14.7 Å². The van der Waals surface area contributed by atoms with Gasteiger partial charge in [-0.15, -0.1) is 0 Å². The molecule has 0 bridgehead atoms. The molecule has 4 rings (SSSR count). The van der Waals surface area contributed by atoms with Crippen LogP contribution in [0.15, 0.2) is 30.7 Å². The number of hydrogen-bond acceptors (Lipinski definition) is 4. The molecule has 0 aliphatic carbocycles. The summed E-state index contributed by atoms with van der Waals surface area (Å²) in [5, 5.41) is 0. The summed E-state index contributed by atoms with van der Waals surface area (Å²) in [5.74, 6) is 0.286. The lowest BCUT2D eigenvalue weighted by molar-refractivity contribution is -0.128. The van der Waals surface area contributed by atoms with Crippen molar-refractivity contribution in [2.24, 2.45) is 12.5 Å². The minimum absolute atomic E-state index is 0.157. The number of hydrogen-bond donors (Lipinski definition) is 0. The number of piperidine rings is 1. The fourth-order valence-corrected chi connectivity index (χ4v) is 4.30. The van der Waals surface area contributed by atoms with Gasteiger partial charge in [0.05, 0.1) is 24.3 Å². The third kappa shape index (κ3) is 3.51. The monoisotopic (exact) mass is 353 g/mol. The molecule has 6 nitrogen and oxygen atoms in total. The van der Waals surface area contributed by atoms with Gasteiger partial charge >= 0.3 is 0 Å². The smallest absolute Gasteiger partial charge is 0.223 e. The molecule has 0 atom stereocenters. The van der Waals surface area contributed by atoms with Crippen molar-refractivity contribution in [1.29, 1.82) is 0 Å². The van der Waals surface area contributed by atoms with Crippen molar-refractivity contribution in [2.45, 2.75) is 39.3 Å². The van der Waals surface area contributed by atoms with E-state index >= 15 is 0 Å². The zero-order chi connectivity index (χ0) is 18.1. The lowest BCUT2D eigenvalue weighted by Gasteiger charge is -2.38. The quantitative estimate of drug-likeness (QED) is 0.845. The van der Waals surface area contributed by atoms with E-state index in [1.165, 1.54) is 5.69 Å². The lowest BCUT2D eigenvalue weighted by atomic mass is 9.77. The van der Waals surface area contributed by atoms with Crippen LogP contribution >= 0.6 is 0 Å². The number of pyridine rings is 1. The lowest BCUT2D eigenvalue weighted by Crippen LogP contribution is -2.41. The molecular weight excluding hydrogens is 326 g/mol. The fourth-order valence-electron chi connectivity index (χ4n) is 4.30. The van der Waals surface area contributed by atoms with Crippen molar-refractivity contribution >= 4 is 5.91 Å². The van der Waals surface area contributed by atoms with Crippen LogP contribution in [0.1, 0.15) is 36.3 Å². The molecule has 0 N–H and O–H groups in total. The highest BCUT2D eigenvalue weighted by atomic mass is 16.2. The van der Waals surface area contributed by atoms with Gasteiger partial charge in [0.15, 0.2) is 0 Å². The van der Waals surface area contributed by atoms with Crippen LogP contribution in [-0.4, -0.2) is 49.9 Å². The van der Waals surface area contributed by atoms with E-state index in [0.717, 1.165) is 50.4 Å². The minimum Gasteiger partial charge on any atom is -0.337 e. The molecule has 2 aliphatic heterocycles. The number of likely N-dealkylation sites (tertiary alicyclic amines) is 2. The van der Waals surface area contributed by atoms with Crippen LogP contribution in [0, 0.1) is 12.3 Å². The predicted octanol–water partition coefficient (Wildman–Crippen LogP) is 2.14. The van der Waals surface area contributed by atoms with E-state index in [1.807, 2.05) is 49.6 Å². The highest BCUT2D eigenvalue weighted by Crippen LogP contribution is 2.41. The molecule has 2 fully saturated rings. The predicted molar refractivity (Wildman–Crippen MR) is 99.2 cm³/mol. The number of carbonyl (C=O) groups is 1. The number of imidazole rings is 1. The van der Waals surface area contributed by atoms with Crippen molar-refractivity contribution in [1.82, 2.24) is 24.3 Å². The van der Waals surface area contributed by atoms with E-state index in [1.54, 1.807) is 0 Å². The first-order chi connectivity index (χ1) is 12.5. The van der Waals surface area contributed by atoms with Gasteiger partial charge in [-0.2, -0.15) is 0 Å². The van der Waals surface area contributed by atoms with Gasteiger partial charge in [-0.25, -0.2) is 4.98 Å². The zero-order valence-corrected chi connectivity index (χ0v) is 15.7. The Balaban J connectivity index is 1.35. The second-order valence-electron chi connectivity index (χ2n) is 7.97. The van der Waals surface area contributed by atoms with Gasteiger partial charge in [0, 0.05) is 38.4 Å². The number of amides is 1. The molecule has 2 aromatic heterocycles. The molecule has 2 saturated heterocycles. The molecule has 0 aromatic carbocycles. The number of aromatic nitrogens is 3. The van der Waals surface area contributed by atoms with Gasteiger partial charge in [0.25, 0.3) is 0 Å². The molecule has 0 unspecified atom stereocenters. The third-order valence-electron chi connectivity index (χ3n) is 5.92. The zero-order valence-electron chi connectivity index (χ0n) is 15.7. The first kappa shape index (κ1) is 17.2. The molecule has 6 heteroatoms. The van der Waals surface area contributed by atoms with E-state index in [2.05, 4.69) is 19.4 Å². The summed E-state index contributed by atoms with van der Waals surface area (Å²) >= 11 is 0. The van der Waals surface area contributed by atoms with E-state index in [9.17, 15) is 4.79 Å². The maximum Gasteiger partial charge on any atom is 0.223 e. The van der Waals surface area contributed by atoms with Crippen LogP contribution in [0.2, 0.25) is 0 Å². The number of nitrogens with zero attached hydrogens (tertiary/aromatic N) is 5. The van der Waals surface area contributed by atoms with E-state index in [0.29, 0.717) is 13.0 Å². The SMILES string of the molecule is Cc1cccc(CN2CC3(CCN(Cc4cncn4C)CC3)CC2=O)n1. The maximum absolute atomic E-state index is 12.6. The summed E-state index contributed by atoms with van der Waals surface area (Å²) in [5.41, 5.74) is 3.40. The minimum atomic E-state index is 0.157. The van der Waals surface area contributed by atoms with Crippen molar-refractivity contribution in [3.8, 4) is 0 Å². The Bertz CT molecular complexity index is 791. The van der Waals surface area contributed by atoms with Gasteiger partial charge in [0.1, 0.15) is 0 Å². The second kappa shape index (κ2) is 6.83. The summed E-state index contributed by atoms with van der Waals surface area (Å²) < 4.78 is 2.08. The van der Waals surface area contributed by atoms with Crippen molar-refractivity contribution < 1.29 is 4.79 Å². The average Bonchev–Trinajstić information content (AvgIpc) is 3.14. The van der Waals surface area contributed by atoms with Crippen LogP contribution in [0.3, 0.4) is 0 Å². The Morgan fingerprint density at radius 2 is 2.00 bits per heavy atom. The van der Waals surface area contributed by atoms with Crippen molar-refractivity contribution in [2.75, 3.05) is 19.6 Å². The number of rotatable bonds is 4. The molecule has 138 valence electrons. The Kier molecular flexibility index (Phi) is 4.53. The third-order valence-corrected chi connectivity index (χ3v) is 5.92. The molecule has 4 heterocycles. The van der Waals surface area contributed by atoms with E-state index in [-0.39, 0.29) is 11.3 Å². The first-order valence-corrected chi connectivity index (χ1v) is 9.41. The summed E-state index contributed by atoms with van der Waals surface area (Å²) in [6.07, 6.45) is 6.68. The summed E-state index contributed by atoms with van der Waals surface area (Å²) in [6, 6.07) is 6.03. The molecular formula is C20H27N5O. The largest absolute Gasteiger partial charge is 0.337 e. The average molecular weight is 353 g/mol. The Morgan fingerprint density at radius 1 is 1.19 bits per heavy atom. The molecule has 0 radical (unpaired) electrons. The first-order valence-electron chi connectivity index (χ1n) is 9.41. The van der Waals surface area contributed by atoms with Gasteiger partial charge in [-0.1, -0.05) is 6.07 Å². The topological polar surface area (TPSA) is 54.3 Å². The Hall–Kier alpha value is -2.21. The van der Waals surface area contributed by atoms with E-state index in [4.69, 9.17) is 0 Å². The van der Waals surface area contributed by atoms with Crippen LogP contribution in [0.5, 0.6) is 0 Å². The van der Waals surface area contributed by atoms with E-state index < -0.39 is 0 Å². The normalized spacial score (nSPS) is 20.2. The standard InChI is InChI=1S/C20H27N5O/c1-16-4-3-5-17(22-16)12-25-14-20(10-19(25)26)6-8-24(9-7-20)13-18-11-21-15-23(18)2/h3-5,11,15H,6-10,12-14H2,1-2H3. The van der Waals surface area contributed by atoms with Gasteiger partial charge in [-0.05, 0) is 50.4 Å². The number of carbonyl (C=O) groups excluding carboxylic acids is 1. The molecule has 1 amide bonds. The highest BCUT2D eigenvalue weighted by molar-refractivity contribution is 5.79. The Labute approximate surface area is 154 Å². The molecule has 26 heavy (non-hydrogen) atoms. The van der Waals surface area contributed by atoms with Crippen molar-refractivity contribution in [3.05, 3.63) is 47.8 Å². The number of aryl methyl sites for hydroxylation is 2. The van der Waals surface area contributed by atoms with Gasteiger partial charge < -0.3 is 9.47 Å². The Morgan fingerprint density at radius 3 is 2.69 bits per heavy atom. The fraction of sp³-hybridized carbons (Fsp3) is 0.550. The van der Waals surface area contributed by atoms with Crippen LogP contribution in [-0.2, 0) is 24.9 Å². The molecule has 0 saturated carbocycles. The van der Waals surface area contributed by atoms with Crippen LogP contribution in [0.25, 0.3) is 0 Å². The molecule has 2 aromatic rings. The second-order valence-corrected chi connectivity index (χ2v) is 7.97. The maximum atomic E-state index is 12.6. The molecule has 1 spiro atoms. The van der Waals surface area contributed by atoms with Gasteiger partial charge in [0.2, 0.25) is 5.91 Å². The summed E-state index contributed by atoms with van der Waals surface area (Å²) in [4.78, 5) is 25.8. The summed E-state index contributed by atoms with van der Waals surface area (Å²) in [6.45, 7) is 6.55. The van der Waals surface area contributed by atoms with Crippen LogP contribution in [0.4, 0.5) is 0 Å².